The van der Waals surface area contributed by atoms with Gasteiger partial charge < -0.3 is 4.98 Å². The summed E-state index contributed by atoms with van der Waals surface area (Å²) in [6.07, 6.45) is 5.50. The fraction of sp³-hybridized carbons (Fsp3) is 0.333. The van der Waals surface area contributed by atoms with Gasteiger partial charge in [-0.25, -0.2) is 4.98 Å². The summed E-state index contributed by atoms with van der Waals surface area (Å²) in [6.45, 7) is 0. The Morgan fingerprint density at radius 1 is 1.42 bits per heavy atom. The number of aromatic nitrogens is 2. The number of thioether (sulfide) groups is 1. The van der Waals surface area contributed by atoms with Crippen LogP contribution in [0.3, 0.4) is 0 Å². The molecule has 1 aliphatic rings. The van der Waals surface area contributed by atoms with Crippen molar-refractivity contribution in [2.75, 3.05) is 5.75 Å². The first-order chi connectivity index (χ1) is 9.36. The van der Waals surface area contributed by atoms with Crippen molar-refractivity contribution in [3.05, 3.63) is 35.8 Å². The fourth-order valence-corrected chi connectivity index (χ4v) is 3.36. The second-order valence-corrected chi connectivity index (χ2v) is 5.81. The number of imidazole rings is 1. The fourth-order valence-electron chi connectivity index (χ4n) is 2.34. The van der Waals surface area contributed by atoms with Crippen molar-refractivity contribution in [2.24, 2.45) is 0 Å². The second-order valence-electron chi connectivity index (χ2n) is 4.68. The van der Waals surface area contributed by atoms with Gasteiger partial charge in [-0.1, -0.05) is 6.07 Å². The lowest BCUT2D eigenvalue weighted by molar-refractivity contribution is 0.890. The highest BCUT2D eigenvalue weighted by Gasteiger charge is 2.11. The van der Waals surface area contributed by atoms with E-state index in [0.717, 1.165) is 11.5 Å². The summed E-state index contributed by atoms with van der Waals surface area (Å²) in [5.74, 6) is 2.12. The first kappa shape index (κ1) is 12.3. The third-order valence-corrected chi connectivity index (χ3v) is 4.52. The third kappa shape index (κ3) is 2.66. The molecule has 19 heavy (non-hydrogen) atoms. The maximum absolute atomic E-state index is 8.59. The molecule has 2 aromatic rings. The van der Waals surface area contributed by atoms with E-state index in [4.69, 9.17) is 5.26 Å². The lowest BCUT2D eigenvalue weighted by Gasteiger charge is -2.15. The van der Waals surface area contributed by atoms with Crippen LogP contribution in [0, 0.1) is 11.3 Å². The van der Waals surface area contributed by atoms with E-state index in [1.807, 2.05) is 18.0 Å². The normalized spacial score (nSPS) is 13.8. The number of hydrogen-bond acceptors (Lipinski definition) is 3. The molecule has 1 aromatic heterocycles. The summed E-state index contributed by atoms with van der Waals surface area (Å²) in [5.41, 5.74) is 3.69. The Morgan fingerprint density at radius 2 is 2.37 bits per heavy atom. The van der Waals surface area contributed by atoms with E-state index in [1.54, 1.807) is 0 Å². The van der Waals surface area contributed by atoms with Crippen LogP contribution in [0.25, 0.3) is 11.3 Å². The summed E-state index contributed by atoms with van der Waals surface area (Å²) in [6, 6.07) is 8.77. The maximum atomic E-state index is 8.59. The number of nitriles is 1. The zero-order valence-corrected chi connectivity index (χ0v) is 11.5. The minimum atomic E-state index is 0.508. The quantitative estimate of drug-likeness (QED) is 0.926. The average Bonchev–Trinajstić information content (AvgIpc) is 2.93. The van der Waals surface area contributed by atoms with Gasteiger partial charge in [0.1, 0.15) is 5.82 Å². The minimum Gasteiger partial charge on any atom is -0.342 e. The van der Waals surface area contributed by atoms with E-state index in [9.17, 15) is 0 Å². The van der Waals surface area contributed by atoms with Gasteiger partial charge in [0, 0.05) is 17.7 Å². The van der Waals surface area contributed by atoms with E-state index in [-0.39, 0.29) is 0 Å². The molecular formula is C15H15N3S. The van der Waals surface area contributed by atoms with Gasteiger partial charge in [-0.15, -0.1) is 11.8 Å². The summed E-state index contributed by atoms with van der Waals surface area (Å²) in [7, 11) is 0. The third-order valence-electron chi connectivity index (χ3n) is 3.32. The molecule has 0 saturated heterocycles. The zero-order chi connectivity index (χ0) is 13.1. The van der Waals surface area contributed by atoms with Gasteiger partial charge in [0.05, 0.1) is 18.0 Å². The molecule has 96 valence electrons. The molecule has 0 fully saturated rings. The molecule has 1 aromatic carbocycles. The molecule has 4 heteroatoms. The molecule has 0 unspecified atom stereocenters. The smallest absolute Gasteiger partial charge is 0.107 e. The van der Waals surface area contributed by atoms with Crippen molar-refractivity contribution in [1.82, 2.24) is 9.97 Å². The molecule has 0 amide bonds. The number of aromatic amines is 1. The molecule has 0 aliphatic carbocycles. The lowest BCUT2D eigenvalue weighted by atomic mass is 10.0. The number of aryl methyl sites for hydroxylation is 2. The van der Waals surface area contributed by atoms with Crippen LogP contribution in [0.1, 0.15) is 24.2 Å². The van der Waals surface area contributed by atoms with Crippen molar-refractivity contribution in [2.45, 2.75) is 30.6 Å². The Hall–Kier alpha value is -1.73. The van der Waals surface area contributed by atoms with E-state index < -0.39 is 0 Å². The largest absolute Gasteiger partial charge is 0.342 e. The topological polar surface area (TPSA) is 52.5 Å². The van der Waals surface area contributed by atoms with Gasteiger partial charge in [-0.2, -0.15) is 5.26 Å². The number of nitrogens with zero attached hydrogens (tertiary/aromatic N) is 2. The number of hydrogen-bond donors (Lipinski definition) is 1. The Bertz CT molecular complexity index is 625. The van der Waals surface area contributed by atoms with Gasteiger partial charge in [0.15, 0.2) is 0 Å². The standard InChI is InChI=1S/C15H15N3S/c16-7-1-4-15-17-10-13(18-15)11-5-6-14-12(9-11)3-2-8-19-14/h5-6,9-10H,1-4,8H2,(H,17,18). The van der Waals surface area contributed by atoms with E-state index >= 15 is 0 Å². The summed E-state index contributed by atoms with van der Waals surface area (Å²) in [4.78, 5) is 9.05. The average molecular weight is 269 g/mol. The Kier molecular flexibility index (Phi) is 3.56. The van der Waals surface area contributed by atoms with Crippen LogP contribution < -0.4 is 0 Å². The van der Waals surface area contributed by atoms with E-state index in [1.165, 1.54) is 34.6 Å². The first-order valence-corrected chi connectivity index (χ1v) is 7.52. The predicted octanol–water partition coefficient (Wildman–Crippen LogP) is 3.57. The van der Waals surface area contributed by atoms with Crippen LogP contribution in [-0.4, -0.2) is 15.7 Å². The minimum absolute atomic E-state index is 0.508. The summed E-state index contributed by atoms with van der Waals surface area (Å²) in [5, 5.41) is 8.59. The Labute approximate surface area is 117 Å². The van der Waals surface area contributed by atoms with Crippen LogP contribution >= 0.6 is 11.8 Å². The molecule has 3 rings (SSSR count). The van der Waals surface area contributed by atoms with Crippen molar-refractivity contribution >= 4 is 11.8 Å². The van der Waals surface area contributed by atoms with Crippen molar-refractivity contribution in [1.29, 1.82) is 5.26 Å². The van der Waals surface area contributed by atoms with Crippen LogP contribution in [0.15, 0.2) is 29.3 Å². The zero-order valence-electron chi connectivity index (χ0n) is 10.6. The Balaban J connectivity index is 1.85. The van der Waals surface area contributed by atoms with Gasteiger partial charge in [0.25, 0.3) is 0 Å². The first-order valence-electron chi connectivity index (χ1n) is 6.54. The molecule has 3 nitrogen and oxygen atoms in total. The van der Waals surface area contributed by atoms with Crippen LogP contribution in [0.5, 0.6) is 0 Å². The number of rotatable bonds is 3. The van der Waals surface area contributed by atoms with Gasteiger partial charge in [0.2, 0.25) is 0 Å². The highest BCUT2D eigenvalue weighted by atomic mass is 32.2. The highest BCUT2D eigenvalue weighted by molar-refractivity contribution is 7.99. The number of fused-ring (bicyclic) bond motifs is 1. The van der Waals surface area contributed by atoms with Crippen molar-refractivity contribution in [3.8, 4) is 17.3 Å². The second kappa shape index (κ2) is 5.50. The van der Waals surface area contributed by atoms with E-state index in [2.05, 4.69) is 34.2 Å². The van der Waals surface area contributed by atoms with Gasteiger partial charge >= 0.3 is 0 Å². The predicted molar refractivity (Wildman–Crippen MR) is 77.0 cm³/mol. The van der Waals surface area contributed by atoms with Gasteiger partial charge in [-0.05, 0) is 41.9 Å². The Morgan fingerprint density at radius 3 is 3.26 bits per heavy atom. The van der Waals surface area contributed by atoms with Crippen molar-refractivity contribution < 1.29 is 0 Å². The van der Waals surface area contributed by atoms with Gasteiger partial charge in [-0.3, -0.25) is 0 Å². The molecule has 0 radical (unpaired) electrons. The monoisotopic (exact) mass is 269 g/mol. The molecule has 0 bridgehead atoms. The van der Waals surface area contributed by atoms with Crippen molar-refractivity contribution in [3.63, 3.8) is 0 Å². The lowest BCUT2D eigenvalue weighted by Crippen LogP contribution is -1.98. The number of nitrogens with one attached hydrogen (secondary N) is 1. The summed E-state index contributed by atoms with van der Waals surface area (Å²) < 4.78 is 0. The summed E-state index contributed by atoms with van der Waals surface area (Å²) >= 11 is 1.95. The van der Waals surface area contributed by atoms with Crippen LogP contribution in [0.2, 0.25) is 0 Å². The molecule has 2 heterocycles. The molecule has 0 spiro atoms. The number of benzene rings is 1. The maximum Gasteiger partial charge on any atom is 0.107 e. The van der Waals surface area contributed by atoms with Crippen LogP contribution in [0.4, 0.5) is 0 Å². The molecular weight excluding hydrogens is 254 g/mol. The molecule has 0 saturated carbocycles. The van der Waals surface area contributed by atoms with E-state index in [0.29, 0.717) is 12.8 Å². The van der Waals surface area contributed by atoms with Crippen LogP contribution in [-0.2, 0) is 12.8 Å². The highest BCUT2D eigenvalue weighted by Crippen LogP contribution is 2.32. The number of H-pyrrole nitrogens is 1. The molecule has 1 N–H and O–H groups in total. The molecule has 0 atom stereocenters. The SMILES string of the molecule is N#CCCc1ncc(-c2ccc3c(c2)CCCS3)[nH]1. The molecule has 1 aliphatic heterocycles.